The second kappa shape index (κ2) is 12.0. The Balaban J connectivity index is 1.83. The zero-order valence-corrected chi connectivity index (χ0v) is 18.7. The van der Waals surface area contributed by atoms with Gasteiger partial charge in [0.05, 0.1) is 6.61 Å². The van der Waals surface area contributed by atoms with Crippen LogP contribution in [0.4, 0.5) is 15.3 Å². The van der Waals surface area contributed by atoms with Gasteiger partial charge in [-0.15, -0.1) is 0 Å². The highest BCUT2D eigenvalue weighted by atomic mass is 16.5. The molecule has 3 rings (SSSR count). The van der Waals surface area contributed by atoms with E-state index in [-0.39, 0.29) is 19.6 Å². The lowest BCUT2D eigenvalue weighted by atomic mass is 9.98. The van der Waals surface area contributed by atoms with Crippen molar-refractivity contribution in [3.05, 3.63) is 84.2 Å². The maximum atomic E-state index is 12.6. The van der Waals surface area contributed by atoms with E-state index in [0.29, 0.717) is 11.3 Å². The quantitative estimate of drug-likeness (QED) is 0.383. The largest absolute Gasteiger partial charge is 0.480 e. The van der Waals surface area contributed by atoms with Gasteiger partial charge in [0.2, 0.25) is 0 Å². The average molecular weight is 463 g/mol. The second-order valence-electron chi connectivity index (χ2n) is 7.37. The van der Waals surface area contributed by atoms with Gasteiger partial charge >= 0.3 is 18.1 Å². The van der Waals surface area contributed by atoms with Crippen molar-refractivity contribution < 1.29 is 24.2 Å². The van der Waals surface area contributed by atoms with Crippen LogP contribution in [-0.2, 0) is 22.5 Å². The first-order valence-electron chi connectivity index (χ1n) is 10.7. The summed E-state index contributed by atoms with van der Waals surface area (Å²) in [7, 11) is 0. The number of anilines is 1. The minimum absolute atomic E-state index is 0.0541. The molecule has 0 unspecified atom stereocenters. The van der Waals surface area contributed by atoms with Crippen molar-refractivity contribution in [2.75, 3.05) is 11.9 Å². The van der Waals surface area contributed by atoms with Gasteiger partial charge in [0, 0.05) is 31.0 Å². The molecule has 1 atom stereocenters. The molecule has 0 aliphatic heterocycles. The van der Waals surface area contributed by atoms with E-state index < -0.39 is 24.1 Å². The maximum Gasteiger partial charge on any atom is 0.407 e. The molecule has 2 aromatic carbocycles. The summed E-state index contributed by atoms with van der Waals surface area (Å²) >= 11 is 0. The van der Waals surface area contributed by atoms with E-state index in [9.17, 15) is 19.5 Å². The summed E-state index contributed by atoms with van der Waals surface area (Å²) in [6, 6.07) is 16.9. The van der Waals surface area contributed by atoms with E-state index >= 15 is 0 Å². The third-order valence-electron chi connectivity index (χ3n) is 4.93. The molecule has 0 saturated carbocycles. The number of aliphatic carboxylic acids is 1. The molecule has 176 valence electrons. The summed E-state index contributed by atoms with van der Waals surface area (Å²) < 4.78 is 4.81. The number of carboxylic acids is 1. The molecule has 3 amide bonds. The highest BCUT2D eigenvalue weighted by Gasteiger charge is 2.23. The molecule has 0 bridgehead atoms. The van der Waals surface area contributed by atoms with Crippen LogP contribution in [0.25, 0.3) is 11.1 Å². The molecule has 4 N–H and O–H groups in total. The number of rotatable bonds is 9. The number of carbonyl (C=O) groups is 3. The van der Waals surface area contributed by atoms with E-state index in [1.54, 1.807) is 37.5 Å². The Labute approximate surface area is 197 Å². The lowest BCUT2D eigenvalue weighted by Crippen LogP contribution is -2.42. The number of nitrogens with zero attached hydrogens (tertiary/aromatic N) is 1. The average Bonchev–Trinajstić information content (AvgIpc) is 2.84. The number of benzene rings is 2. The van der Waals surface area contributed by atoms with Crippen molar-refractivity contribution in [2.24, 2.45) is 0 Å². The van der Waals surface area contributed by atoms with Crippen LogP contribution >= 0.6 is 0 Å². The molecule has 1 heterocycles. The summed E-state index contributed by atoms with van der Waals surface area (Å²) in [5.41, 5.74) is 3.59. The maximum absolute atomic E-state index is 12.6. The number of hydrogen-bond acceptors (Lipinski definition) is 5. The van der Waals surface area contributed by atoms with Gasteiger partial charge in [-0.3, -0.25) is 4.98 Å². The molecule has 0 saturated heterocycles. The Bertz CT molecular complexity index is 1120. The summed E-state index contributed by atoms with van der Waals surface area (Å²) in [5, 5.41) is 17.5. The standard InChI is InChI=1S/C25H26N4O5/c1-2-34-25(33)29-22(23(30)31)14-20-11-10-19(18-8-4-3-5-9-18)13-21(20)28-24(32)27-16-17-7-6-12-26-15-17/h3-13,15,22H,2,14,16H2,1H3,(H,29,33)(H,30,31)(H2,27,28,32)/t22-/m0/s1. The first-order chi connectivity index (χ1) is 16.5. The molecule has 0 radical (unpaired) electrons. The van der Waals surface area contributed by atoms with Gasteiger partial charge in [-0.1, -0.05) is 48.5 Å². The number of urea groups is 1. The van der Waals surface area contributed by atoms with Gasteiger partial charge in [0.15, 0.2) is 0 Å². The highest BCUT2D eigenvalue weighted by molar-refractivity contribution is 5.91. The fraction of sp³-hybridized carbons (Fsp3) is 0.200. The summed E-state index contributed by atoms with van der Waals surface area (Å²) in [4.78, 5) is 40.2. The molecule has 3 aromatic rings. The fourth-order valence-electron chi connectivity index (χ4n) is 3.27. The number of carboxylic acid groups (broad SMARTS) is 1. The Morgan fingerprint density at radius 3 is 2.50 bits per heavy atom. The fourth-order valence-corrected chi connectivity index (χ4v) is 3.27. The smallest absolute Gasteiger partial charge is 0.407 e. The first kappa shape index (κ1) is 24.2. The summed E-state index contributed by atoms with van der Waals surface area (Å²) in [6.45, 7) is 2.02. The van der Waals surface area contributed by atoms with Crippen LogP contribution in [0, 0.1) is 0 Å². The molecule has 1 aromatic heterocycles. The molecule has 0 aliphatic rings. The van der Waals surface area contributed by atoms with Crippen molar-refractivity contribution in [2.45, 2.75) is 25.9 Å². The third kappa shape index (κ3) is 7.06. The van der Waals surface area contributed by atoms with Crippen molar-refractivity contribution in [1.29, 1.82) is 0 Å². The number of alkyl carbamates (subject to hydrolysis) is 1. The number of aromatic nitrogens is 1. The number of nitrogens with one attached hydrogen (secondary N) is 3. The monoisotopic (exact) mass is 462 g/mol. The van der Waals surface area contributed by atoms with Gasteiger partial charge in [-0.05, 0) is 41.3 Å². The van der Waals surface area contributed by atoms with E-state index in [4.69, 9.17) is 4.74 Å². The Kier molecular flexibility index (Phi) is 8.56. The normalized spacial score (nSPS) is 11.2. The zero-order chi connectivity index (χ0) is 24.3. The second-order valence-corrected chi connectivity index (χ2v) is 7.37. The molecular weight excluding hydrogens is 436 g/mol. The number of amides is 3. The van der Waals surface area contributed by atoms with E-state index in [2.05, 4.69) is 20.9 Å². The van der Waals surface area contributed by atoms with E-state index in [1.807, 2.05) is 42.5 Å². The minimum Gasteiger partial charge on any atom is -0.480 e. The lowest BCUT2D eigenvalue weighted by molar-refractivity contribution is -0.139. The molecular formula is C25H26N4O5. The predicted octanol–water partition coefficient (Wildman–Crippen LogP) is 3.81. The summed E-state index contributed by atoms with van der Waals surface area (Å²) in [5.74, 6) is -1.22. The van der Waals surface area contributed by atoms with Crippen molar-refractivity contribution in [1.82, 2.24) is 15.6 Å². The first-order valence-corrected chi connectivity index (χ1v) is 10.7. The molecule has 9 nitrogen and oxygen atoms in total. The molecule has 0 aliphatic carbocycles. The van der Waals surface area contributed by atoms with Crippen LogP contribution in [0.2, 0.25) is 0 Å². The van der Waals surface area contributed by atoms with Gasteiger partial charge in [0.25, 0.3) is 0 Å². The topological polar surface area (TPSA) is 130 Å². The Morgan fingerprint density at radius 1 is 1.03 bits per heavy atom. The van der Waals surface area contributed by atoms with Crippen molar-refractivity contribution >= 4 is 23.8 Å². The molecule has 9 heteroatoms. The predicted molar refractivity (Wildman–Crippen MR) is 127 cm³/mol. The molecule has 0 fully saturated rings. The van der Waals surface area contributed by atoms with Crippen LogP contribution in [0.1, 0.15) is 18.1 Å². The summed E-state index contributed by atoms with van der Waals surface area (Å²) in [6.07, 6.45) is 2.43. The zero-order valence-electron chi connectivity index (χ0n) is 18.7. The molecule has 34 heavy (non-hydrogen) atoms. The van der Waals surface area contributed by atoms with Crippen LogP contribution in [0.3, 0.4) is 0 Å². The number of pyridine rings is 1. The highest BCUT2D eigenvalue weighted by Crippen LogP contribution is 2.27. The SMILES string of the molecule is CCOC(=O)N[C@@H](Cc1ccc(-c2ccccc2)cc1NC(=O)NCc1cccnc1)C(=O)O. The van der Waals surface area contributed by atoms with Crippen molar-refractivity contribution in [3.8, 4) is 11.1 Å². The van der Waals surface area contributed by atoms with Gasteiger partial charge < -0.3 is 25.8 Å². The lowest BCUT2D eigenvalue weighted by Gasteiger charge is -2.18. The van der Waals surface area contributed by atoms with Crippen LogP contribution < -0.4 is 16.0 Å². The number of hydrogen-bond donors (Lipinski definition) is 4. The van der Waals surface area contributed by atoms with Crippen LogP contribution in [0.5, 0.6) is 0 Å². The van der Waals surface area contributed by atoms with Gasteiger partial charge in [0.1, 0.15) is 6.04 Å². The van der Waals surface area contributed by atoms with Crippen molar-refractivity contribution in [3.63, 3.8) is 0 Å². The minimum atomic E-state index is -1.24. The molecule has 0 spiro atoms. The van der Waals surface area contributed by atoms with Gasteiger partial charge in [-0.25, -0.2) is 14.4 Å². The Hall–Kier alpha value is -4.40. The van der Waals surface area contributed by atoms with Gasteiger partial charge in [-0.2, -0.15) is 0 Å². The van der Waals surface area contributed by atoms with Crippen LogP contribution in [0.15, 0.2) is 73.1 Å². The van der Waals surface area contributed by atoms with E-state index in [1.165, 1.54) is 0 Å². The third-order valence-corrected chi connectivity index (χ3v) is 4.93. The number of carbonyl (C=O) groups excluding carboxylic acids is 2. The van der Waals surface area contributed by atoms with E-state index in [0.717, 1.165) is 16.7 Å². The number of ether oxygens (including phenoxy) is 1. The Morgan fingerprint density at radius 2 is 1.82 bits per heavy atom. The van der Waals surface area contributed by atoms with Crippen LogP contribution in [-0.4, -0.2) is 40.8 Å².